The summed E-state index contributed by atoms with van der Waals surface area (Å²) in [6.07, 6.45) is 2.08. The highest BCUT2D eigenvalue weighted by Gasteiger charge is 2.42. The van der Waals surface area contributed by atoms with Crippen molar-refractivity contribution in [1.82, 2.24) is 4.90 Å². The van der Waals surface area contributed by atoms with Crippen molar-refractivity contribution in [2.75, 3.05) is 13.1 Å². The van der Waals surface area contributed by atoms with Crippen LogP contribution in [-0.2, 0) is 9.53 Å². The molecule has 2 rings (SSSR count). The Morgan fingerprint density at radius 2 is 1.84 bits per heavy atom. The molecule has 3 atom stereocenters. The first-order valence-corrected chi connectivity index (χ1v) is 6.97. The van der Waals surface area contributed by atoms with Gasteiger partial charge in [-0.15, -0.1) is 0 Å². The third-order valence-corrected chi connectivity index (χ3v) is 4.07. The fraction of sp³-hybridized carbons (Fsp3) is 0.857. The van der Waals surface area contributed by atoms with Crippen LogP contribution in [-0.4, -0.2) is 40.8 Å². The molecule has 1 N–H and O–H groups in total. The first-order valence-electron chi connectivity index (χ1n) is 6.97. The quantitative estimate of drug-likeness (QED) is 0.793. The van der Waals surface area contributed by atoms with E-state index in [1.807, 2.05) is 20.8 Å². The van der Waals surface area contributed by atoms with E-state index in [0.29, 0.717) is 31.3 Å². The summed E-state index contributed by atoms with van der Waals surface area (Å²) < 4.78 is 5.37. The number of piperidine rings is 1. The monoisotopic (exact) mass is 269 g/mol. The number of hydrogen-bond donors (Lipinski definition) is 1. The summed E-state index contributed by atoms with van der Waals surface area (Å²) in [5.74, 6) is -0.144. The third-order valence-electron chi connectivity index (χ3n) is 4.07. The molecule has 0 spiro atoms. The topological polar surface area (TPSA) is 66.8 Å². The number of carboxylic acids is 1. The Labute approximate surface area is 113 Å². The van der Waals surface area contributed by atoms with Crippen LogP contribution in [0.2, 0.25) is 0 Å². The first-order chi connectivity index (χ1) is 8.76. The van der Waals surface area contributed by atoms with E-state index in [9.17, 15) is 9.59 Å². The molecule has 1 saturated carbocycles. The van der Waals surface area contributed by atoms with Crippen molar-refractivity contribution in [1.29, 1.82) is 0 Å². The highest BCUT2D eigenvalue weighted by atomic mass is 16.6. The minimum atomic E-state index is -0.696. The van der Waals surface area contributed by atoms with Gasteiger partial charge >= 0.3 is 12.1 Å². The van der Waals surface area contributed by atoms with E-state index in [1.165, 1.54) is 0 Å². The zero-order valence-corrected chi connectivity index (χ0v) is 11.9. The molecule has 0 aromatic heterocycles. The molecule has 5 heteroatoms. The molecule has 0 bridgehead atoms. The number of likely N-dealkylation sites (tertiary alicyclic amines) is 1. The van der Waals surface area contributed by atoms with Gasteiger partial charge in [-0.2, -0.15) is 0 Å². The lowest BCUT2D eigenvalue weighted by Gasteiger charge is -2.35. The Morgan fingerprint density at radius 1 is 1.21 bits per heavy atom. The first kappa shape index (κ1) is 14.2. The maximum atomic E-state index is 12.0. The molecule has 5 nitrogen and oxygen atoms in total. The highest BCUT2D eigenvalue weighted by Crippen LogP contribution is 2.41. The summed E-state index contributed by atoms with van der Waals surface area (Å²) >= 11 is 0. The van der Waals surface area contributed by atoms with Crippen LogP contribution in [0, 0.1) is 17.8 Å². The molecule has 108 valence electrons. The minimum absolute atomic E-state index is 0.228. The van der Waals surface area contributed by atoms with Gasteiger partial charge < -0.3 is 14.7 Å². The van der Waals surface area contributed by atoms with Gasteiger partial charge in [0.2, 0.25) is 0 Å². The molecule has 1 heterocycles. The fourth-order valence-electron chi connectivity index (χ4n) is 3.18. The van der Waals surface area contributed by atoms with Crippen LogP contribution in [0.15, 0.2) is 0 Å². The molecule has 1 aliphatic carbocycles. The predicted molar refractivity (Wildman–Crippen MR) is 69.8 cm³/mol. The molecular weight excluding hydrogens is 246 g/mol. The second-order valence-corrected chi connectivity index (χ2v) is 6.74. The number of rotatable bonds is 1. The number of carbonyl (C=O) groups excluding carboxylic acids is 1. The summed E-state index contributed by atoms with van der Waals surface area (Å²) in [4.78, 5) is 24.8. The Kier molecular flexibility index (Phi) is 3.74. The van der Waals surface area contributed by atoms with Crippen molar-refractivity contribution < 1.29 is 19.4 Å². The molecule has 0 unspecified atom stereocenters. The highest BCUT2D eigenvalue weighted by molar-refractivity contribution is 5.71. The molecule has 1 amide bonds. The van der Waals surface area contributed by atoms with Gasteiger partial charge in [0.25, 0.3) is 0 Å². The number of aliphatic carboxylic acids is 1. The van der Waals surface area contributed by atoms with Crippen LogP contribution in [0.25, 0.3) is 0 Å². The zero-order chi connectivity index (χ0) is 14.2. The molecule has 0 aromatic carbocycles. The van der Waals surface area contributed by atoms with Crippen molar-refractivity contribution in [3.8, 4) is 0 Å². The summed E-state index contributed by atoms with van der Waals surface area (Å²) in [7, 11) is 0. The van der Waals surface area contributed by atoms with E-state index < -0.39 is 11.6 Å². The smallest absolute Gasteiger partial charge is 0.410 e. The van der Waals surface area contributed by atoms with Gasteiger partial charge in [0, 0.05) is 13.1 Å². The van der Waals surface area contributed by atoms with E-state index in [0.717, 1.165) is 12.8 Å². The number of carboxylic acid groups (broad SMARTS) is 1. The third kappa shape index (κ3) is 3.39. The number of carbonyl (C=O) groups is 2. The van der Waals surface area contributed by atoms with Gasteiger partial charge in [-0.05, 0) is 51.9 Å². The standard InChI is InChI=1S/C14H23NO4/c1-14(2,3)19-13(18)15-5-4-9-6-10(12(16)17)7-11(9)8-15/h9-11H,4-8H2,1-3H3,(H,16,17)/t9-,10-,11-/m0/s1. The summed E-state index contributed by atoms with van der Waals surface area (Å²) in [6, 6.07) is 0. The average Bonchev–Trinajstić information content (AvgIpc) is 2.69. The second kappa shape index (κ2) is 5.02. The van der Waals surface area contributed by atoms with Crippen LogP contribution in [0.5, 0.6) is 0 Å². The van der Waals surface area contributed by atoms with Gasteiger partial charge in [-0.3, -0.25) is 4.79 Å². The molecule has 0 aromatic rings. The lowest BCUT2D eigenvalue weighted by atomic mass is 9.89. The van der Waals surface area contributed by atoms with E-state index in [-0.39, 0.29) is 12.0 Å². The van der Waals surface area contributed by atoms with Crippen LogP contribution < -0.4 is 0 Å². The normalized spacial score (nSPS) is 30.9. The van der Waals surface area contributed by atoms with Crippen LogP contribution in [0.3, 0.4) is 0 Å². The Morgan fingerprint density at radius 3 is 2.42 bits per heavy atom. The molecule has 1 saturated heterocycles. The SMILES string of the molecule is CC(C)(C)OC(=O)N1CC[C@H]2C[C@H](C(=O)O)C[C@H]2C1. The number of amides is 1. The van der Waals surface area contributed by atoms with Gasteiger partial charge in [-0.25, -0.2) is 4.79 Å². The second-order valence-electron chi connectivity index (χ2n) is 6.74. The molecule has 2 aliphatic rings. The van der Waals surface area contributed by atoms with E-state index in [4.69, 9.17) is 9.84 Å². The Balaban J connectivity index is 1.92. The molecule has 19 heavy (non-hydrogen) atoms. The summed E-state index contributed by atoms with van der Waals surface area (Å²) in [6.45, 7) is 6.89. The van der Waals surface area contributed by atoms with Crippen LogP contribution >= 0.6 is 0 Å². The number of ether oxygens (including phenoxy) is 1. The van der Waals surface area contributed by atoms with Gasteiger partial charge in [-0.1, -0.05) is 0 Å². The predicted octanol–water partition coefficient (Wildman–Crippen LogP) is 2.35. The lowest BCUT2D eigenvalue weighted by Crippen LogP contribution is -2.44. The molecule has 0 radical (unpaired) electrons. The van der Waals surface area contributed by atoms with Gasteiger partial charge in [0.05, 0.1) is 5.92 Å². The van der Waals surface area contributed by atoms with Crippen LogP contribution in [0.4, 0.5) is 4.79 Å². The van der Waals surface area contributed by atoms with Crippen molar-refractivity contribution >= 4 is 12.1 Å². The van der Waals surface area contributed by atoms with E-state index >= 15 is 0 Å². The summed E-state index contributed by atoms with van der Waals surface area (Å²) in [5, 5.41) is 9.08. The maximum absolute atomic E-state index is 12.0. The van der Waals surface area contributed by atoms with Crippen molar-refractivity contribution in [2.24, 2.45) is 17.8 Å². The Hall–Kier alpha value is -1.26. The molecule has 2 fully saturated rings. The van der Waals surface area contributed by atoms with Crippen molar-refractivity contribution in [2.45, 2.75) is 45.6 Å². The molecule has 1 aliphatic heterocycles. The average molecular weight is 269 g/mol. The minimum Gasteiger partial charge on any atom is -0.481 e. The van der Waals surface area contributed by atoms with Crippen molar-refractivity contribution in [3.63, 3.8) is 0 Å². The zero-order valence-electron chi connectivity index (χ0n) is 11.9. The lowest BCUT2D eigenvalue weighted by molar-refractivity contribution is -0.141. The van der Waals surface area contributed by atoms with E-state index in [1.54, 1.807) is 4.90 Å². The molecular formula is C14H23NO4. The number of nitrogens with zero attached hydrogens (tertiary/aromatic N) is 1. The van der Waals surface area contributed by atoms with Crippen LogP contribution in [0.1, 0.15) is 40.0 Å². The fourth-order valence-corrected chi connectivity index (χ4v) is 3.18. The van der Waals surface area contributed by atoms with E-state index in [2.05, 4.69) is 0 Å². The van der Waals surface area contributed by atoms with Gasteiger partial charge in [0.15, 0.2) is 0 Å². The maximum Gasteiger partial charge on any atom is 0.410 e. The number of hydrogen-bond acceptors (Lipinski definition) is 3. The van der Waals surface area contributed by atoms with Crippen molar-refractivity contribution in [3.05, 3.63) is 0 Å². The largest absolute Gasteiger partial charge is 0.481 e. The van der Waals surface area contributed by atoms with Gasteiger partial charge in [0.1, 0.15) is 5.60 Å². The Bertz CT molecular complexity index is 374. The summed E-state index contributed by atoms with van der Waals surface area (Å²) in [5.41, 5.74) is -0.479. The number of fused-ring (bicyclic) bond motifs is 1.